The summed E-state index contributed by atoms with van der Waals surface area (Å²) < 4.78 is 0. The summed E-state index contributed by atoms with van der Waals surface area (Å²) in [5.74, 6) is 0.386. The molecule has 0 aliphatic carbocycles. The lowest BCUT2D eigenvalue weighted by Gasteiger charge is -2.31. The summed E-state index contributed by atoms with van der Waals surface area (Å²) in [5.41, 5.74) is 5.70. The first-order valence-electron chi connectivity index (χ1n) is 12.5. The van der Waals surface area contributed by atoms with Gasteiger partial charge in [-0.1, -0.05) is 132 Å². The fourth-order valence-electron chi connectivity index (χ4n) is 4.86. The van der Waals surface area contributed by atoms with Crippen molar-refractivity contribution in [1.82, 2.24) is 0 Å². The monoisotopic (exact) mass is 428 g/mol. The molecule has 0 aliphatic rings. The van der Waals surface area contributed by atoms with Gasteiger partial charge in [0.2, 0.25) is 0 Å². The van der Waals surface area contributed by atoms with Crippen molar-refractivity contribution in [1.29, 1.82) is 0 Å². The number of rotatable bonds is 12. The maximum atomic E-state index is 11.1. The summed E-state index contributed by atoms with van der Waals surface area (Å²) in [4.78, 5) is 0. The van der Waals surface area contributed by atoms with Crippen molar-refractivity contribution in [3.05, 3.63) is 89.5 Å². The Balaban J connectivity index is 1.88. The zero-order chi connectivity index (χ0) is 22.8. The Hall–Kier alpha value is -2.54. The van der Waals surface area contributed by atoms with Crippen LogP contribution in [0.2, 0.25) is 0 Å². The second kappa shape index (κ2) is 11.9. The molecule has 1 N–H and O–H groups in total. The predicted molar refractivity (Wildman–Crippen MR) is 138 cm³/mol. The Morgan fingerprint density at radius 1 is 0.656 bits per heavy atom. The molecule has 3 rings (SSSR count). The Kier molecular flexibility index (Phi) is 8.97. The lowest BCUT2D eigenvalue weighted by atomic mass is 9.73. The molecular weight excluding hydrogens is 388 g/mol. The van der Waals surface area contributed by atoms with E-state index >= 15 is 0 Å². The van der Waals surface area contributed by atoms with Gasteiger partial charge in [0.05, 0.1) is 0 Å². The third kappa shape index (κ3) is 6.03. The summed E-state index contributed by atoms with van der Waals surface area (Å²) in [6.07, 6.45) is 11.6. The first kappa shape index (κ1) is 24.1. The smallest absolute Gasteiger partial charge is 0.120 e. The predicted octanol–water partition coefficient (Wildman–Crippen LogP) is 9.07. The highest BCUT2D eigenvalue weighted by Crippen LogP contribution is 2.44. The van der Waals surface area contributed by atoms with Crippen LogP contribution < -0.4 is 0 Å². The minimum absolute atomic E-state index is 0.300. The second-order valence-electron chi connectivity index (χ2n) is 9.58. The average molecular weight is 429 g/mol. The Bertz CT molecular complexity index is 941. The molecule has 0 fully saturated rings. The van der Waals surface area contributed by atoms with Crippen LogP contribution in [0.4, 0.5) is 0 Å². The van der Waals surface area contributed by atoms with E-state index in [0.29, 0.717) is 5.75 Å². The molecular formula is C31H40O. The summed E-state index contributed by atoms with van der Waals surface area (Å²) in [6, 6.07) is 25.2. The highest BCUT2D eigenvalue weighted by atomic mass is 16.3. The van der Waals surface area contributed by atoms with E-state index in [1.165, 1.54) is 73.6 Å². The SMILES string of the molecule is CCCCCCCCCCc1ccc(O)c(C(C)(C)c2ccccc2)c1-c1ccccc1. The highest BCUT2D eigenvalue weighted by Gasteiger charge is 2.30. The number of benzene rings is 3. The average Bonchev–Trinajstić information content (AvgIpc) is 2.82. The van der Waals surface area contributed by atoms with E-state index < -0.39 is 0 Å². The third-order valence-electron chi connectivity index (χ3n) is 6.75. The van der Waals surface area contributed by atoms with Crippen LogP contribution in [0.5, 0.6) is 5.75 Å². The zero-order valence-electron chi connectivity index (χ0n) is 20.2. The van der Waals surface area contributed by atoms with E-state index in [2.05, 4.69) is 87.5 Å². The molecule has 0 radical (unpaired) electrons. The largest absolute Gasteiger partial charge is 0.508 e. The van der Waals surface area contributed by atoms with Gasteiger partial charge in [-0.15, -0.1) is 0 Å². The fraction of sp³-hybridized carbons (Fsp3) is 0.419. The maximum absolute atomic E-state index is 11.1. The molecule has 170 valence electrons. The van der Waals surface area contributed by atoms with Gasteiger partial charge in [0.25, 0.3) is 0 Å². The van der Waals surface area contributed by atoms with Gasteiger partial charge in [0, 0.05) is 11.0 Å². The van der Waals surface area contributed by atoms with Gasteiger partial charge in [-0.2, -0.15) is 0 Å². The summed E-state index contributed by atoms with van der Waals surface area (Å²) in [5, 5.41) is 11.1. The van der Waals surface area contributed by atoms with Crippen molar-refractivity contribution >= 4 is 0 Å². The molecule has 0 amide bonds. The Morgan fingerprint density at radius 2 is 1.22 bits per heavy atom. The number of aryl methyl sites for hydroxylation is 1. The van der Waals surface area contributed by atoms with Gasteiger partial charge >= 0.3 is 0 Å². The van der Waals surface area contributed by atoms with Crippen LogP contribution in [-0.2, 0) is 11.8 Å². The number of unbranched alkanes of at least 4 members (excludes halogenated alkanes) is 7. The number of phenols is 1. The van der Waals surface area contributed by atoms with Crippen LogP contribution in [0.25, 0.3) is 11.1 Å². The number of hydrogen-bond donors (Lipinski definition) is 1. The van der Waals surface area contributed by atoms with Crippen molar-refractivity contribution in [2.75, 3.05) is 0 Å². The molecule has 1 heteroatoms. The Labute approximate surface area is 195 Å². The molecule has 3 aromatic rings. The molecule has 3 aromatic carbocycles. The quantitative estimate of drug-likeness (QED) is 0.285. The van der Waals surface area contributed by atoms with Crippen LogP contribution in [0.3, 0.4) is 0 Å². The van der Waals surface area contributed by atoms with E-state index in [1.807, 2.05) is 6.07 Å². The molecule has 0 atom stereocenters. The lowest BCUT2D eigenvalue weighted by molar-refractivity contribution is 0.453. The van der Waals surface area contributed by atoms with Crippen LogP contribution in [-0.4, -0.2) is 5.11 Å². The molecule has 0 saturated heterocycles. The second-order valence-corrected chi connectivity index (χ2v) is 9.58. The van der Waals surface area contributed by atoms with Gasteiger partial charge in [0.1, 0.15) is 5.75 Å². The molecule has 0 heterocycles. The van der Waals surface area contributed by atoms with Crippen LogP contribution in [0.15, 0.2) is 72.8 Å². The lowest BCUT2D eigenvalue weighted by Crippen LogP contribution is -2.21. The number of phenolic OH excluding ortho intramolecular Hbond substituents is 1. The Morgan fingerprint density at radius 3 is 1.84 bits per heavy atom. The molecule has 0 spiro atoms. The van der Waals surface area contributed by atoms with E-state index in [4.69, 9.17) is 0 Å². The topological polar surface area (TPSA) is 20.2 Å². The molecule has 0 bridgehead atoms. The van der Waals surface area contributed by atoms with Crippen molar-refractivity contribution in [2.45, 2.75) is 84.0 Å². The van der Waals surface area contributed by atoms with E-state index in [0.717, 1.165) is 12.0 Å². The van der Waals surface area contributed by atoms with Crippen LogP contribution in [0, 0.1) is 0 Å². The van der Waals surface area contributed by atoms with Gasteiger partial charge in [0.15, 0.2) is 0 Å². The van der Waals surface area contributed by atoms with Gasteiger partial charge in [-0.05, 0) is 41.2 Å². The molecule has 1 nitrogen and oxygen atoms in total. The van der Waals surface area contributed by atoms with Gasteiger partial charge in [-0.3, -0.25) is 0 Å². The number of aromatic hydroxyl groups is 1. The van der Waals surface area contributed by atoms with Crippen molar-refractivity contribution in [3.8, 4) is 16.9 Å². The summed E-state index contributed by atoms with van der Waals surface area (Å²) >= 11 is 0. The minimum atomic E-state index is -0.300. The van der Waals surface area contributed by atoms with Crippen molar-refractivity contribution in [2.24, 2.45) is 0 Å². The molecule has 0 saturated carbocycles. The maximum Gasteiger partial charge on any atom is 0.120 e. The first-order chi connectivity index (χ1) is 15.6. The molecule has 0 aliphatic heterocycles. The third-order valence-corrected chi connectivity index (χ3v) is 6.75. The van der Waals surface area contributed by atoms with Crippen molar-refractivity contribution < 1.29 is 5.11 Å². The van der Waals surface area contributed by atoms with E-state index in [1.54, 1.807) is 0 Å². The van der Waals surface area contributed by atoms with Crippen LogP contribution >= 0.6 is 0 Å². The molecule has 32 heavy (non-hydrogen) atoms. The zero-order valence-corrected chi connectivity index (χ0v) is 20.2. The molecule has 0 aromatic heterocycles. The number of hydrogen-bond acceptors (Lipinski definition) is 1. The minimum Gasteiger partial charge on any atom is -0.508 e. The van der Waals surface area contributed by atoms with Gasteiger partial charge < -0.3 is 5.11 Å². The van der Waals surface area contributed by atoms with E-state index in [9.17, 15) is 5.11 Å². The van der Waals surface area contributed by atoms with E-state index in [-0.39, 0.29) is 5.41 Å². The molecule has 0 unspecified atom stereocenters. The highest BCUT2D eigenvalue weighted by molar-refractivity contribution is 5.76. The fourth-order valence-corrected chi connectivity index (χ4v) is 4.86. The summed E-state index contributed by atoms with van der Waals surface area (Å²) in [6.45, 7) is 6.73. The standard InChI is InChI=1S/C31H40O/c1-4-5-6-7-8-9-10-13-20-26-23-24-28(32)30(29(26)25-18-14-11-15-19-25)31(2,3)27-21-16-12-17-22-27/h11-12,14-19,21-24,32H,4-10,13,20H2,1-3H3. The van der Waals surface area contributed by atoms with Crippen LogP contribution in [0.1, 0.15) is 88.8 Å². The summed E-state index contributed by atoms with van der Waals surface area (Å²) in [7, 11) is 0. The normalized spacial score (nSPS) is 11.6. The van der Waals surface area contributed by atoms with Crippen molar-refractivity contribution in [3.63, 3.8) is 0 Å². The van der Waals surface area contributed by atoms with Gasteiger partial charge in [-0.25, -0.2) is 0 Å². The first-order valence-corrected chi connectivity index (χ1v) is 12.5.